The van der Waals surface area contributed by atoms with Crippen LogP contribution in [0.5, 0.6) is 0 Å². The van der Waals surface area contributed by atoms with Gasteiger partial charge in [0.15, 0.2) is 5.13 Å². The summed E-state index contributed by atoms with van der Waals surface area (Å²) in [4.78, 5) is 36.3. The van der Waals surface area contributed by atoms with Gasteiger partial charge in [-0.15, -0.1) is 0 Å². The molecule has 0 atom stereocenters. The van der Waals surface area contributed by atoms with Crippen LogP contribution < -0.4 is 4.90 Å². The number of benzene rings is 1. The molecule has 0 saturated heterocycles. The third-order valence-electron chi connectivity index (χ3n) is 4.43. The molecule has 0 aliphatic rings. The molecule has 1 amide bonds. The van der Waals surface area contributed by atoms with Crippen LogP contribution in [0.1, 0.15) is 49.6 Å². The zero-order valence-electron chi connectivity index (χ0n) is 17.2. The normalized spacial score (nSPS) is 10.7. The Bertz CT molecular complexity index is 1080. The van der Waals surface area contributed by atoms with E-state index in [-0.39, 0.29) is 24.9 Å². The van der Waals surface area contributed by atoms with Gasteiger partial charge in [-0.2, -0.15) is 0 Å². The fourth-order valence-corrected chi connectivity index (χ4v) is 3.90. The number of carbonyl (C=O) groups is 2. The molecule has 8 heteroatoms. The first-order chi connectivity index (χ1) is 14.3. The lowest BCUT2D eigenvalue weighted by molar-refractivity contribution is 0.0531. The smallest absolute Gasteiger partial charge is 0.350 e. The molecule has 0 aliphatic heterocycles. The molecule has 156 valence electrons. The van der Waals surface area contributed by atoms with Crippen LogP contribution >= 0.6 is 11.3 Å². The van der Waals surface area contributed by atoms with Crippen molar-refractivity contribution in [1.82, 2.24) is 9.97 Å². The summed E-state index contributed by atoms with van der Waals surface area (Å²) in [5, 5.41) is 0.366. The molecule has 0 aliphatic carbocycles. The molecule has 2 heterocycles. The van der Waals surface area contributed by atoms with Crippen molar-refractivity contribution in [3.05, 3.63) is 75.3 Å². The quantitative estimate of drug-likeness (QED) is 0.537. The van der Waals surface area contributed by atoms with Gasteiger partial charge in [-0.25, -0.2) is 14.2 Å². The van der Waals surface area contributed by atoms with Gasteiger partial charge in [-0.1, -0.05) is 23.5 Å². The number of halogens is 1. The minimum absolute atomic E-state index is 0.168. The molecule has 30 heavy (non-hydrogen) atoms. The monoisotopic (exact) mass is 427 g/mol. The zero-order chi connectivity index (χ0) is 21.8. The predicted molar refractivity (Wildman–Crippen MR) is 113 cm³/mol. The Morgan fingerprint density at radius 1 is 1.03 bits per heavy atom. The summed E-state index contributed by atoms with van der Waals surface area (Å²) in [5.41, 5.74) is 3.07. The van der Waals surface area contributed by atoms with Crippen LogP contribution in [0.4, 0.5) is 9.52 Å². The van der Waals surface area contributed by atoms with Crippen LogP contribution in [0.2, 0.25) is 0 Å². The first-order valence-corrected chi connectivity index (χ1v) is 10.3. The molecule has 0 N–H and O–H groups in total. The van der Waals surface area contributed by atoms with E-state index in [2.05, 4.69) is 9.97 Å². The minimum atomic E-state index is -0.471. The molecular weight excluding hydrogens is 405 g/mol. The number of hydrogen-bond donors (Lipinski definition) is 0. The molecule has 3 rings (SSSR count). The lowest BCUT2D eigenvalue weighted by Gasteiger charge is -2.21. The highest BCUT2D eigenvalue weighted by atomic mass is 32.1. The van der Waals surface area contributed by atoms with E-state index in [1.54, 1.807) is 45.0 Å². The van der Waals surface area contributed by atoms with Gasteiger partial charge in [0, 0.05) is 5.69 Å². The Labute approximate surface area is 178 Å². The van der Waals surface area contributed by atoms with Crippen molar-refractivity contribution in [3.63, 3.8) is 0 Å². The van der Waals surface area contributed by atoms with Crippen LogP contribution in [-0.2, 0) is 11.3 Å². The second kappa shape index (κ2) is 9.13. The van der Waals surface area contributed by atoms with Crippen molar-refractivity contribution < 1.29 is 18.7 Å². The summed E-state index contributed by atoms with van der Waals surface area (Å²) in [5.74, 6) is -1.13. The Morgan fingerprint density at radius 3 is 2.37 bits per heavy atom. The summed E-state index contributed by atoms with van der Waals surface area (Å²) in [7, 11) is 0. The molecule has 6 nitrogen and oxygen atoms in total. The van der Waals surface area contributed by atoms with E-state index in [0.29, 0.717) is 27.0 Å². The highest BCUT2D eigenvalue weighted by molar-refractivity contribution is 7.17. The number of carbonyl (C=O) groups excluding carboxylic acids is 2. The average molecular weight is 428 g/mol. The van der Waals surface area contributed by atoms with Crippen molar-refractivity contribution in [2.75, 3.05) is 11.5 Å². The second-order valence-corrected chi connectivity index (χ2v) is 7.71. The third-order valence-corrected chi connectivity index (χ3v) is 5.59. The lowest BCUT2D eigenvalue weighted by atomic mass is 10.1. The van der Waals surface area contributed by atoms with Gasteiger partial charge < -0.3 is 4.74 Å². The number of thiazole rings is 1. The van der Waals surface area contributed by atoms with E-state index in [4.69, 9.17) is 4.74 Å². The third kappa shape index (κ3) is 4.71. The van der Waals surface area contributed by atoms with Crippen molar-refractivity contribution >= 4 is 28.3 Å². The number of amides is 1. The fourth-order valence-electron chi connectivity index (χ4n) is 2.94. The molecule has 0 fully saturated rings. The zero-order valence-corrected chi connectivity index (χ0v) is 18.0. The van der Waals surface area contributed by atoms with Crippen molar-refractivity contribution in [3.8, 4) is 0 Å². The standard InChI is InChI=1S/C22H22FN3O3S/c1-5-29-21(28)19-15(4)25-22(30-19)26(12-16-7-9-17(23)10-8-16)20(27)18-11-6-13(2)24-14(18)3/h6-11H,5,12H2,1-4H3. The Balaban J connectivity index is 2.03. The highest BCUT2D eigenvalue weighted by Crippen LogP contribution is 2.30. The number of hydrogen-bond acceptors (Lipinski definition) is 6. The maximum Gasteiger partial charge on any atom is 0.350 e. The maximum atomic E-state index is 13.4. The molecular formula is C22H22FN3O3S. The number of nitrogens with zero attached hydrogens (tertiary/aromatic N) is 3. The number of aromatic nitrogens is 2. The highest BCUT2D eigenvalue weighted by Gasteiger charge is 2.26. The number of pyridine rings is 1. The van der Waals surface area contributed by atoms with E-state index >= 15 is 0 Å². The maximum absolute atomic E-state index is 13.4. The van der Waals surface area contributed by atoms with Crippen molar-refractivity contribution in [2.24, 2.45) is 0 Å². The summed E-state index contributed by atoms with van der Waals surface area (Å²) >= 11 is 1.10. The van der Waals surface area contributed by atoms with E-state index in [1.165, 1.54) is 17.0 Å². The first-order valence-electron chi connectivity index (χ1n) is 9.45. The topological polar surface area (TPSA) is 72.4 Å². The Morgan fingerprint density at radius 2 is 1.73 bits per heavy atom. The Kier molecular flexibility index (Phi) is 6.56. The summed E-state index contributed by atoms with van der Waals surface area (Å²) in [6.07, 6.45) is 0. The van der Waals surface area contributed by atoms with E-state index in [0.717, 1.165) is 22.6 Å². The van der Waals surface area contributed by atoms with Crippen LogP contribution in [0.15, 0.2) is 36.4 Å². The number of aryl methyl sites for hydroxylation is 3. The van der Waals surface area contributed by atoms with Crippen molar-refractivity contribution in [2.45, 2.75) is 34.2 Å². The molecule has 0 radical (unpaired) electrons. The van der Waals surface area contributed by atoms with E-state index in [9.17, 15) is 14.0 Å². The molecule has 0 unspecified atom stereocenters. The van der Waals surface area contributed by atoms with Crippen LogP contribution in [0, 0.1) is 26.6 Å². The molecule has 0 spiro atoms. The van der Waals surface area contributed by atoms with Gasteiger partial charge in [-0.05, 0) is 57.5 Å². The van der Waals surface area contributed by atoms with E-state index < -0.39 is 5.97 Å². The summed E-state index contributed by atoms with van der Waals surface area (Å²) < 4.78 is 18.4. The summed E-state index contributed by atoms with van der Waals surface area (Å²) in [6, 6.07) is 9.41. The number of anilines is 1. The van der Waals surface area contributed by atoms with Gasteiger partial charge in [0.05, 0.1) is 30.1 Å². The molecule has 1 aromatic carbocycles. The molecule has 0 saturated carbocycles. The van der Waals surface area contributed by atoms with Gasteiger partial charge >= 0.3 is 5.97 Å². The number of rotatable bonds is 6. The van der Waals surface area contributed by atoms with Crippen LogP contribution in [0.3, 0.4) is 0 Å². The second-order valence-electron chi connectivity index (χ2n) is 6.73. The van der Waals surface area contributed by atoms with Gasteiger partial charge in [0.1, 0.15) is 10.7 Å². The first kappa shape index (κ1) is 21.6. The van der Waals surface area contributed by atoms with Crippen molar-refractivity contribution in [1.29, 1.82) is 0 Å². The van der Waals surface area contributed by atoms with Gasteiger partial charge in [0.2, 0.25) is 0 Å². The Hall–Kier alpha value is -3.13. The minimum Gasteiger partial charge on any atom is -0.462 e. The van der Waals surface area contributed by atoms with E-state index in [1.807, 2.05) is 6.92 Å². The SMILES string of the molecule is CCOC(=O)c1sc(N(Cc2ccc(F)cc2)C(=O)c2ccc(C)nc2C)nc1C. The lowest BCUT2D eigenvalue weighted by Crippen LogP contribution is -2.31. The molecule has 2 aromatic heterocycles. The number of ether oxygens (including phenoxy) is 1. The molecule has 3 aromatic rings. The largest absolute Gasteiger partial charge is 0.462 e. The van der Waals surface area contributed by atoms with Gasteiger partial charge in [0.25, 0.3) is 5.91 Å². The average Bonchev–Trinajstić information content (AvgIpc) is 3.08. The predicted octanol–water partition coefficient (Wildman–Crippen LogP) is 4.63. The van der Waals surface area contributed by atoms with Gasteiger partial charge in [-0.3, -0.25) is 14.7 Å². The fraction of sp³-hybridized carbons (Fsp3) is 0.273. The van der Waals surface area contributed by atoms with Crippen LogP contribution in [0.25, 0.3) is 0 Å². The van der Waals surface area contributed by atoms with Crippen LogP contribution in [-0.4, -0.2) is 28.5 Å². The molecule has 0 bridgehead atoms. The summed E-state index contributed by atoms with van der Waals surface area (Å²) in [6.45, 7) is 7.47. The number of esters is 1.